The minimum Gasteiger partial charge on any atom is -0.478 e. The van der Waals surface area contributed by atoms with Gasteiger partial charge in [-0.1, -0.05) is 30.3 Å². The maximum absolute atomic E-state index is 13.7. The Morgan fingerprint density at radius 2 is 1.72 bits per heavy atom. The molecule has 1 heterocycles. The topological polar surface area (TPSA) is 85.2 Å². The van der Waals surface area contributed by atoms with Crippen LogP contribution in [0.3, 0.4) is 0 Å². The number of hydrogen-bond acceptors (Lipinski definition) is 4. The number of imidazole rings is 1. The van der Waals surface area contributed by atoms with Crippen LogP contribution in [0.1, 0.15) is 23.1 Å². The lowest BCUT2D eigenvalue weighted by molar-refractivity contribution is -0.128. The van der Waals surface area contributed by atoms with Crippen LogP contribution < -0.4 is 15.6 Å². The Balaban J connectivity index is 1.44. The molecule has 0 bridgehead atoms. The lowest BCUT2D eigenvalue weighted by Crippen LogP contribution is -2.47. The van der Waals surface area contributed by atoms with Crippen LogP contribution in [0.4, 0.5) is 4.39 Å². The number of aryl methyl sites for hydroxylation is 1. The van der Waals surface area contributed by atoms with E-state index in [0.717, 1.165) is 17.0 Å². The van der Waals surface area contributed by atoms with E-state index in [1.165, 1.54) is 25.1 Å². The lowest BCUT2D eigenvalue weighted by Gasteiger charge is -2.15. The Kier molecular flexibility index (Phi) is 5.85. The zero-order valence-corrected chi connectivity index (χ0v) is 17.5. The first-order valence-corrected chi connectivity index (χ1v) is 10.00. The summed E-state index contributed by atoms with van der Waals surface area (Å²) in [4.78, 5) is 29.3. The number of ether oxygens (including phenoxy) is 1. The van der Waals surface area contributed by atoms with Crippen LogP contribution in [-0.2, 0) is 4.79 Å². The van der Waals surface area contributed by atoms with Gasteiger partial charge >= 0.3 is 0 Å². The fraction of sp³-hybridized carbons (Fsp3) is 0.125. The van der Waals surface area contributed by atoms with Crippen molar-refractivity contribution >= 4 is 22.8 Å². The van der Waals surface area contributed by atoms with Crippen LogP contribution in [0.2, 0.25) is 0 Å². The molecule has 1 aromatic heterocycles. The number of benzene rings is 3. The normalized spacial score (nSPS) is 11.7. The highest BCUT2D eigenvalue weighted by atomic mass is 19.1. The number of para-hydroxylation sites is 2. The molecule has 8 heteroatoms. The van der Waals surface area contributed by atoms with Gasteiger partial charge in [-0.25, -0.2) is 9.37 Å². The minimum atomic E-state index is -1.01. The number of nitrogens with one attached hydrogen (secondary N) is 2. The number of amides is 2. The van der Waals surface area contributed by atoms with Gasteiger partial charge in [-0.05, 0) is 56.3 Å². The first-order chi connectivity index (χ1) is 15.4. The van der Waals surface area contributed by atoms with Crippen molar-refractivity contribution in [2.45, 2.75) is 20.0 Å². The van der Waals surface area contributed by atoms with Crippen LogP contribution in [-0.4, -0.2) is 27.5 Å². The fourth-order valence-corrected chi connectivity index (χ4v) is 3.32. The second-order valence-corrected chi connectivity index (χ2v) is 7.17. The molecule has 0 aliphatic carbocycles. The third kappa shape index (κ3) is 4.29. The lowest BCUT2D eigenvalue weighted by atomic mass is 10.2. The number of hydrogen-bond donors (Lipinski definition) is 2. The molecule has 32 heavy (non-hydrogen) atoms. The molecule has 2 N–H and O–H groups in total. The van der Waals surface area contributed by atoms with E-state index in [0.29, 0.717) is 11.1 Å². The number of fused-ring (bicyclic) bond motifs is 1. The number of nitrogens with zero attached hydrogens (tertiary/aromatic N) is 2. The largest absolute Gasteiger partial charge is 0.478 e. The summed E-state index contributed by atoms with van der Waals surface area (Å²) in [5.41, 5.74) is 7.47. The average molecular weight is 432 g/mol. The van der Waals surface area contributed by atoms with Crippen molar-refractivity contribution < 1.29 is 18.7 Å². The second kappa shape index (κ2) is 8.89. The van der Waals surface area contributed by atoms with E-state index >= 15 is 0 Å². The molecule has 2 amide bonds. The summed E-state index contributed by atoms with van der Waals surface area (Å²) >= 11 is 0. The van der Waals surface area contributed by atoms with Crippen LogP contribution in [0.15, 0.2) is 72.8 Å². The summed E-state index contributed by atoms with van der Waals surface area (Å²) in [6, 6.07) is 20.7. The Bertz CT molecular complexity index is 1290. The molecule has 7 nitrogen and oxygen atoms in total. The number of carbonyl (C=O) groups is 2. The van der Waals surface area contributed by atoms with Crippen LogP contribution in [0.25, 0.3) is 16.7 Å². The number of rotatable bonds is 5. The van der Waals surface area contributed by atoms with Crippen LogP contribution in [0.5, 0.6) is 5.75 Å². The molecule has 0 saturated heterocycles. The summed E-state index contributed by atoms with van der Waals surface area (Å²) in [6.45, 7) is 3.35. The Morgan fingerprint density at radius 1 is 1.00 bits per heavy atom. The Labute approximate surface area is 183 Å². The van der Waals surface area contributed by atoms with Gasteiger partial charge in [0.05, 0.1) is 11.0 Å². The van der Waals surface area contributed by atoms with Crippen molar-refractivity contribution in [3.05, 3.63) is 90.0 Å². The molecule has 3 aromatic carbocycles. The number of hydrazine groups is 1. The third-order valence-electron chi connectivity index (χ3n) is 4.91. The summed E-state index contributed by atoms with van der Waals surface area (Å²) < 4.78 is 21.0. The monoisotopic (exact) mass is 432 g/mol. The van der Waals surface area contributed by atoms with Gasteiger partial charge in [-0.2, -0.15) is 0 Å². The third-order valence-corrected chi connectivity index (χ3v) is 4.91. The van der Waals surface area contributed by atoms with E-state index in [1.807, 2.05) is 47.9 Å². The molecule has 0 radical (unpaired) electrons. The summed E-state index contributed by atoms with van der Waals surface area (Å²) in [5.74, 6) is -0.959. The Morgan fingerprint density at radius 3 is 2.47 bits per heavy atom. The number of halogens is 1. The van der Waals surface area contributed by atoms with Gasteiger partial charge in [0.1, 0.15) is 5.82 Å². The van der Waals surface area contributed by atoms with Crippen molar-refractivity contribution in [3.8, 4) is 11.4 Å². The van der Waals surface area contributed by atoms with Gasteiger partial charge in [0.25, 0.3) is 11.8 Å². The zero-order chi connectivity index (χ0) is 22.7. The van der Waals surface area contributed by atoms with Crippen LogP contribution in [0, 0.1) is 12.7 Å². The van der Waals surface area contributed by atoms with Gasteiger partial charge in [0, 0.05) is 11.3 Å². The maximum Gasteiger partial charge on any atom is 0.279 e. The number of carbonyl (C=O) groups excluding carboxylic acids is 2. The minimum absolute atomic E-state index is 0.0451. The highest BCUT2D eigenvalue weighted by molar-refractivity contribution is 5.98. The molecule has 0 spiro atoms. The molecule has 4 aromatic rings. The molecule has 0 fully saturated rings. The quantitative estimate of drug-likeness (QED) is 0.471. The average Bonchev–Trinajstić information content (AvgIpc) is 3.14. The van der Waals surface area contributed by atoms with E-state index in [9.17, 15) is 14.0 Å². The van der Waals surface area contributed by atoms with Crippen molar-refractivity contribution in [1.29, 1.82) is 0 Å². The second-order valence-electron chi connectivity index (χ2n) is 7.17. The van der Waals surface area contributed by atoms with Gasteiger partial charge in [0.2, 0.25) is 0 Å². The highest BCUT2D eigenvalue weighted by Crippen LogP contribution is 2.22. The molecule has 1 unspecified atom stereocenters. The first kappa shape index (κ1) is 21.0. The molecule has 1 atom stereocenters. The molecule has 0 aliphatic heterocycles. The molecule has 0 saturated carbocycles. The van der Waals surface area contributed by atoms with Crippen molar-refractivity contribution in [1.82, 2.24) is 20.4 Å². The molecule has 162 valence electrons. The summed E-state index contributed by atoms with van der Waals surface area (Å²) in [5, 5.41) is 0. The van der Waals surface area contributed by atoms with Gasteiger partial charge in [-0.15, -0.1) is 0 Å². The summed E-state index contributed by atoms with van der Waals surface area (Å²) in [6.07, 6.45) is -1.01. The van der Waals surface area contributed by atoms with Crippen molar-refractivity contribution in [2.75, 3.05) is 0 Å². The smallest absolute Gasteiger partial charge is 0.279 e. The first-order valence-electron chi connectivity index (χ1n) is 10.00. The van der Waals surface area contributed by atoms with E-state index in [1.54, 1.807) is 18.2 Å². The predicted octanol–water partition coefficient (Wildman–Crippen LogP) is 3.70. The SMILES string of the molecule is Cc1nc2cc(C(=O)NNC(=O)C(C)Oc3ccccc3F)ccc2n1-c1ccccc1. The highest BCUT2D eigenvalue weighted by Gasteiger charge is 2.18. The van der Waals surface area contributed by atoms with Crippen LogP contribution >= 0.6 is 0 Å². The van der Waals surface area contributed by atoms with Crippen molar-refractivity contribution in [3.63, 3.8) is 0 Å². The van der Waals surface area contributed by atoms with E-state index < -0.39 is 23.7 Å². The maximum atomic E-state index is 13.7. The van der Waals surface area contributed by atoms with Gasteiger partial charge in [-0.3, -0.25) is 25.0 Å². The molecule has 0 aliphatic rings. The standard InChI is InChI=1S/C24H21FN4O3/c1-15(32-22-11-7-6-10-19(22)25)23(30)27-28-24(31)17-12-13-21-20(14-17)26-16(2)29(21)18-8-4-3-5-9-18/h3-15H,1-2H3,(H,27,30)(H,28,31). The molecular formula is C24H21FN4O3. The predicted molar refractivity (Wildman–Crippen MR) is 118 cm³/mol. The summed E-state index contributed by atoms with van der Waals surface area (Å²) in [7, 11) is 0. The van der Waals surface area contributed by atoms with Gasteiger partial charge < -0.3 is 4.74 Å². The van der Waals surface area contributed by atoms with Crippen molar-refractivity contribution in [2.24, 2.45) is 0 Å². The van der Waals surface area contributed by atoms with E-state index in [-0.39, 0.29) is 5.75 Å². The van der Waals surface area contributed by atoms with E-state index in [2.05, 4.69) is 15.8 Å². The van der Waals surface area contributed by atoms with E-state index in [4.69, 9.17) is 4.74 Å². The molecular weight excluding hydrogens is 411 g/mol. The molecule has 4 rings (SSSR count). The fourth-order valence-electron chi connectivity index (χ4n) is 3.32. The van der Waals surface area contributed by atoms with Gasteiger partial charge in [0.15, 0.2) is 17.7 Å². The number of aromatic nitrogens is 2. The zero-order valence-electron chi connectivity index (χ0n) is 17.5. The Hall–Kier alpha value is -4.20.